The Morgan fingerprint density at radius 3 is 2.92 bits per heavy atom. The van der Waals surface area contributed by atoms with Gasteiger partial charge in [-0.1, -0.05) is 6.07 Å². The van der Waals surface area contributed by atoms with Gasteiger partial charge in [0.25, 0.3) is 5.91 Å². The van der Waals surface area contributed by atoms with Gasteiger partial charge in [0.05, 0.1) is 23.7 Å². The van der Waals surface area contributed by atoms with Crippen molar-refractivity contribution in [1.82, 2.24) is 14.9 Å². The summed E-state index contributed by atoms with van der Waals surface area (Å²) in [5, 5.41) is 37.4. The molecule has 10 nitrogen and oxygen atoms in total. The highest BCUT2D eigenvalue weighted by molar-refractivity contribution is 6.04. The lowest BCUT2D eigenvalue weighted by atomic mass is 9.49. The van der Waals surface area contributed by atoms with E-state index in [2.05, 4.69) is 20.2 Å². The van der Waals surface area contributed by atoms with Gasteiger partial charge >= 0.3 is 0 Å². The second kappa shape index (κ2) is 7.33. The number of aliphatic hydroxyl groups is 2. The Labute approximate surface area is 207 Å². The molecule has 1 aromatic heterocycles. The van der Waals surface area contributed by atoms with Crippen LogP contribution in [0, 0.1) is 5.92 Å². The molecule has 2 fully saturated rings. The van der Waals surface area contributed by atoms with E-state index in [0.29, 0.717) is 24.5 Å². The number of phenolic OH excluding ortho intramolecular Hbond substituents is 1. The molecular formula is C26H28N4O6. The maximum absolute atomic E-state index is 13.5. The molecule has 0 radical (unpaired) electrons. The number of likely N-dealkylation sites (tertiary alicyclic amines) is 1. The van der Waals surface area contributed by atoms with Gasteiger partial charge in [-0.2, -0.15) is 0 Å². The van der Waals surface area contributed by atoms with Crippen molar-refractivity contribution in [3.05, 3.63) is 47.0 Å². The molecule has 0 unspecified atom stereocenters. The average molecular weight is 493 g/mol. The third kappa shape index (κ3) is 2.76. The summed E-state index contributed by atoms with van der Waals surface area (Å²) in [5.74, 6) is 0.639. The lowest BCUT2D eigenvalue weighted by molar-refractivity contribution is -0.172. The molecule has 7 rings (SSSR count). The normalized spacial score (nSPS) is 32.1. The number of aliphatic hydroxyl groups excluding tert-OH is 1. The number of carbonyl (C=O) groups excluding carboxylic acids is 1. The summed E-state index contributed by atoms with van der Waals surface area (Å²) >= 11 is 0. The molecule has 2 bridgehead atoms. The Balaban J connectivity index is 1.34. The SMILES string of the molecule is COc1cc(NC(=O)C2=C(O)[C@@H]3Oc4c(O)ccc5c4[C@@]34CCN(CC3CC3)[C@H](C5)[C@]4(O)C2)ncn1. The standard InChI is InChI=1S/C26H28N4O6/c1-35-19-9-18(27-12-28-19)29-24(33)15-10-26(34)17-8-14-4-5-16(31)22-20(14)25(26,23(36-22)21(15)32)6-7-30(17)11-13-2-3-13/h4-5,9,12-13,17,23,31-32,34H,2-3,6-8,10-11H2,1H3,(H,27,28,29,33)/t17-,23+,25+,26-/m1/s1. The molecule has 2 aliphatic heterocycles. The first-order chi connectivity index (χ1) is 17.4. The molecule has 36 heavy (non-hydrogen) atoms. The third-order valence-corrected chi connectivity index (χ3v) is 8.88. The van der Waals surface area contributed by atoms with Gasteiger partial charge in [0.1, 0.15) is 17.9 Å². The summed E-state index contributed by atoms with van der Waals surface area (Å²) in [6, 6.07) is 4.76. The maximum atomic E-state index is 13.5. The molecular weight excluding hydrogens is 464 g/mol. The predicted octanol–water partition coefficient (Wildman–Crippen LogP) is 1.82. The Morgan fingerprint density at radius 1 is 1.31 bits per heavy atom. The zero-order valence-electron chi connectivity index (χ0n) is 19.9. The minimum atomic E-state index is -1.36. The Morgan fingerprint density at radius 2 is 2.14 bits per heavy atom. The number of nitrogens with zero attached hydrogens (tertiary/aromatic N) is 3. The molecule has 10 heteroatoms. The van der Waals surface area contributed by atoms with Crippen LogP contribution in [0.4, 0.5) is 5.82 Å². The highest BCUT2D eigenvalue weighted by atomic mass is 16.5. The van der Waals surface area contributed by atoms with Crippen molar-refractivity contribution in [3.63, 3.8) is 0 Å². The van der Waals surface area contributed by atoms with Crippen LogP contribution in [0.25, 0.3) is 0 Å². The summed E-state index contributed by atoms with van der Waals surface area (Å²) in [6.07, 6.45) is 3.81. The third-order valence-electron chi connectivity index (χ3n) is 8.88. The van der Waals surface area contributed by atoms with Gasteiger partial charge in [0, 0.05) is 30.6 Å². The van der Waals surface area contributed by atoms with Crippen LogP contribution in [0.5, 0.6) is 17.4 Å². The number of anilines is 1. The zero-order valence-corrected chi connectivity index (χ0v) is 19.9. The lowest BCUT2D eigenvalue weighted by Crippen LogP contribution is -2.75. The van der Waals surface area contributed by atoms with E-state index in [1.54, 1.807) is 6.07 Å². The van der Waals surface area contributed by atoms with E-state index in [1.807, 2.05) is 6.07 Å². The molecule has 3 aliphatic carbocycles. The van der Waals surface area contributed by atoms with Gasteiger partial charge < -0.3 is 30.1 Å². The number of methoxy groups -OCH3 is 1. The summed E-state index contributed by atoms with van der Waals surface area (Å²) in [4.78, 5) is 23.8. The summed E-state index contributed by atoms with van der Waals surface area (Å²) in [5.41, 5.74) is -0.437. The Hall–Kier alpha value is -3.37. The van der Waals surface area contributed by atoms with Gasteiger partial charge in [0.15, 0.2) is 17.6 Å². The number of hydrogen-bond acceptors (Lipinski definition) is 9. The second-order valence-corrected chi connectivity index (χ2v) is 10.7. The molecule has 5 aliphatic rings. The Kier molecular flexibility index (Phi) is 4.45. The number of ether oxygens (including phenoxy) is 2. The summed E-state index contributed by atoms with van der Waals surface area (Å²) < 4.78 is 11.3. The van der Waals surface area contributed by atoms with Crippen LogP contribution in [-0.4, -0.2) is 74.0 Å². The number of aromatic nitrogens is 2. The highest BCUT2D eigenvalue weighted by Gasteiger charge is 2.73. The van der Waals surface area contributed by atoms with Crippen LogP contribution < -0.4 is 14.8 Å². The minimum Gasteiger partial charge on any atom is -0.508 e. The van der Waals surface area contributed by atoms with Gasteiger partial charge in [-0.15, -0.1) is 0 Å². The fourth-order valence-corrected chi connectivity index (χ4v) is 7.08. The van der Waals surface area contributed by atoms with E-state index in [4.69, 9.17) is 9.47 Å². The van der Waals surface area contributed by atoms with E-state index in [-0.39, 0.29) is 41.2 Å². The number of carbonyl (C=O) groups is 1. The average Bonchev–Trinajstić information content (AvgIpc) is 3.61. The maximum Gasteiger partial charge on any atom is 0.256 e. The molecule has 4 atom stereocenters. The van der Waals surface area contributed by atoms with Crippen LogP contribution in [0.1, 0.15) is 36.8 Å². The van der Waals surface area contributed by atoms with Crippen LogP contribution >= 0.6 is 0 Å². The molecule has 1 saturated heterocycles. The molecule has 4 N–H and O–H groups in total. The lowest BCUT2D eigenvalue weighted by Gasteiger charge is -2.62. The van der Waals surface area contributed by atoms with Crippen molar-refractivity contribution >= 4 is 11.7 Å². The van der Waals surface area contributed by atoms with Gasteiger partial charge in [-0.3, -0.25) is 9.69 Å². The smallest absolute Gasteiger partial charge is 0.256 e. The molecule has 1 aromatic carbocycles. The van der Waals surface area contributed by atoms with Gasteiger partial charge in [0.2, 0.25) is 5.88 Å². The van der Waals surface area contributed by atoms with E-state index >= 15 is 0 Å². The number of nitrogens with one attached hydrogen (secondary N) is 1. The molecule has 1 saturated carbocycles. The van der Waals surface area contributed by atoms with Crippen molar-refractivity contribution in [2.45, 2.75) is 55.3 Å². The highest BCUT2D eigenvalue weighted by Crippen LogP contribution is 2.66. The van der Waals surface area contributed by atoms with Crippen LogP contribution in [0.2, 0.25) is 0 Å². The number of rotatable bonds is 5. The minimum absolute atomic E-state index is 0.0226. The first kappa shape index (κ1) is 21.9. The van der Waals surface area contributed by atoms with E-state index in [9.17, 15) is 20.1 Å². The number of hydrogen-bond donors (Lipinski definition) is 4. The summed E-state index contributed by atoms with van der Waals surface area (Å²) in [6.45, 7) is 1.67. The monoisotopic (exact) mass is 492 g/mol. The number of amides is 1. The van der Waals surface area contributed by atoms with Crippen LogP contribution in [0.3, 0.4) is 0 Å². The van der Waals surface area contributed by atoms with Crippen molar-refractivity contribution in [1.29, 1.82) is 0 Å². The second-order valence-electron chi connectivity index (χ2n) is 10.7. The Bertz CT molecular complexity index is 1330. The zero-order chi connectivity index (χ0) is 24.8. The summed E-state index contributed by atoms with van der Waals surface area (Å²) in [7, 11) is 1.46. The van der Waals surface area contributed by atoms with Crippen LogP contribution in [-0.2, 0) is 16.6 Å². The quantitative estimate of drug-likeness (QED) is 0.492. The fraction of sp³-hybridized carbons (Fsp3) is 0.500. The van der Waals surface area contributed by atoms with Gasteiger partial charge in [-0.25, -0.2) is 9.97 Å². The van der Waals surface area contributed by atoms with Crippen molar-refractivity contribution < 1.29 is 29.6 Å². The molecule has 188 valence electrons. The molecule has 1 amide bonds. The number of benzene rings is 1. The first-order valence-corrected chi connectivity index (χ1v) is 12.4. The van der Waals surface area contributed by atoms with Crippen molar-refractivity contribution in [3.8, 4) is 17.4 Å². The van der Waals surface area contributed by atoms with Crippen molar-refractivity contribution in [2.24, 2.45) is 5.92 Å². The molecule has 2 aromatic rings. The number of aromatic hydroxyl groups is 1. The molecule has 3 heterocycles. The first-order valence-electron chi connectivity index (χ1n) is 12.4. The van der Waals surface area contributed by atoms with Crippen LogP contribution in [0.15, 0.2) is 35.9 Å². The number of phenols is 1. The topological polar surface area (TPSA) is 137 Å². The van der Waals surface area contributed by atoms with E-state index in [1.165, 1.54) is 32.3 Å². The van der Waals surface area contributed by atoms with Gasteiger partial charge in [-0.05, 0) is 49.8 Å². The molecule has 1 spiro atoms. The number of piperidine rings is 1. The van der Waals surface area contributed by atoms with E-state index in [0.717, 1.165) is 24.2 Å². The largest absolute Gasteiger partial charge is 0.508 e. The predicted molar refractivity (Wildman–Crippen MR) is 127 cm³/mol. The van der Waals surface area contributed by atoms with E-state index < -0.39 is 23.0 Å². The fourth-order valence-electron chi connectivity index (χ4n) is 7.08. The van der Waals surface area contributed by atoms with Crippen molar-refractivity contribution in [2.75, 3.05) is 25.5 Å².